The number of quaternary nitrogens is 1. The quantitative estimate of drug-likeness (QED) is 0.601. The largest absolute Gasteiger partial charge is 0.872 e. The van der Waals surface area contributed by atoms with Crippen molar-refractivity contribution in [1.29, 1.82) is 0 Å². The fourth-order valence-electron chi connectivity index (χ4n) is 2.53. The predicted molar refractivity (Wildman–Crippen MR) is 86.4 cm³/mol. The van der Waals surface area contributed by atoms with Crippen molar-refractivity contribution in [3.63, 3.8) is 0 Å². The molecule has 7 heteroatoms. The Kier molecular flexibility index (Phi) is 5.59. The molecule has 0 aliphatic heterocycles. The summed E-state index contributed by atoms with van der Waals surface area (Å²) in [6.45, 7) is 0.991. The highest BCUT2D eigenvalue weighted by molar-refractivity contribution is 5.42. The average molecular weight is 332 g/mol. The molecule has 0 fully saturated rings. The maximum atomic E-state index is 11.9. The zero-order chi connectivity index (χ0) is 17.7. The van der Waals surface area contributed by atoms with Gasteiger partial charge in [0.2, 0.25) is 0 Å². The summed E-state index contributed by atoms with van der Waals surface area (Å²) in [5.74, 6) is 1.21. The summed E-state index contributed by atoms with van der Waals surface area (Å²) in [7, 11) is 5.09. The minimum Gasteiger partial charge on any atom is -0.872 e. The number of methoxy groups -OCH3 is 2. The number of nitrogens with zero attached hydrogens (tertiary/aromatic N) is 1. The van der Waals surface area contributed by atoms with Gasteiger partial charge in [-0.15, -0.1) is 0 Å². The predicted octanol–water partition coefficient (Wildman–Crippen LogP) is 0.900. The Morgan fingerprint density at radius 1 is 1.04 bits per heavy atom. The first kappa shape index (κ1) is 17.6. The molecule has 0 amide bonds. The van der Waals surface area contributed by atoms with E-state index in [-0.39, 0.29) is 11.4 Å². The first-order valence-electron chi connectivity index (χ1n) is 7.41. The van der Waals surface area contributed by atoms with Crippen molar-refractivity contribution in [2.24, 2.45) is 0 Å². The number of hydrogen-bond donors (Lipinski definition) is 1. The van der Waals surface area contributed by atoms with Gasteiger partial charge in [0.05, 0.1) is 26.2 Å². The molecule has 1 atom stereocenters. The van der Waals surface area contributed by atoms with Gasteiger partial charge in [0.1, 0.15) is 24.6 Å². The van der Waals surface area contributed by atoms with E-state index in [0.717, 1.165) is 10.5 Å². The number of benzene rings is 2. The lowest BCUT2D eigenvalue weighted by Crippen LogP contribution is -3.06. The standard InChI is InChI=1S/C17H20N2O5/c1-18(10-12-4-6-15(23-2)9-17(12)24-3)11-13-8-14(19(21)22)5-7-16(13)20/h4-9,20H,10-11H2,1-3H3. The van der Waals surface area contributed by atoms with Gasteiger partial charge in [-0.05, 0) is 12.1 Å². The third-order valence-electron chi connectivity index (χ3n) is 3.73. The SMILES string of the molecule is COc1ccc(C[NH+](C)Cc2cc([N+](=O)[O-])ccc2[O-])c(OC)c1. The monoisotopic (exact) mass is 332 g/mol. The second kappa shape index (κ2) is 7.65. The molecule has 1 N–H and O–H groups in total. The van der Waals surface area contributed by atoms with Gasteiger partial charge >= 0.3 is 0 Å². The van der Waals surface area contributed by atoms with Gasteiger partial charge in [-0.25, -0.2) is 0 Å². The van der Waals surface area contributed by atoms with Gasteiger partial charge in [-0.3, -0.25) is 10.1 Å². The number of hydrogen-bond acceptors (Lipinski definition) is 5. The van der Waals surface area contributed by atoms with Crippen molar-refractivity contribution < 1.29 is 24.4 Å². The molecule has 0 saturated carbocycles. The van der Waals surface area contributed by atoms with Crippen molar-refractivity contribution >= 4 is 5.69 Å². The maximum absolute atomic E-state index is 11.9. The molecule has 0 radical (unpaired) electrons. The van der Waals surface area contributed by atoms with E-state index in [1.807, 2.05) is 19.2 Å². The normalized spacial score (nSPS) is 11.8. The third kappa shape index (κ3) is 4.14. The van der Waals surface area contributed by atoms with E-state index in [0.29, 0.717) is 30.2 Å². The molecule has 0 aromatic heterocycles. The van der Waals surface area contributed by atoms with Crippen LogP contribution >= 0.6 is 0 Å². The van der Waals surface area contributed by atoms with Gasteiger partial charge < -0.3 is 19.5 Å². The topological polar surface area (TPSA) is 89.1 Å². The van der Waals surface area contributed by atoms with Crippen LogP contribution in [0.15, 0.2) is 36.4 Å². The molecule has 128 valence electrons. The highest BCUT2D eigenvalue weighted by Crippen LogP contribution is 2.24. The molecular formula is C17H20N2O5. The van der Waals surface area contributed by atoms with Crippen LogP contribution in [0.1, 0.15) is 11.1 Å². The molecule has 0 aliphatic carbocycles. The molecule has 2 aromatic rings. The Morgan fingerprint density at radius 2 is 1.75 bits per heavy atom. The first-order valence-corrected chi connectivity index (χ1v) is 7.41. The minimum absolute atomic E-state index is 0.0700. The van der Waals surface area contributed by atoms with Crippen molar-refractivity contribution in [1.82, 2.24) is 0 Å². The van der Waals surface area contributed by atoms with Crippen LogP contribution in [-0.4, -0.2) is 26.2 Å². The lowest BCUT2D eigenvalue weighted by atomic mass is 10.1. The van der Waals surface area contributed by atoms with Crippen LogP contribution in [0.5, 0.6) is 17.2 Å². The van der Waals surface area contributed by atoms with Crippen molar-refractivity contribution in [3.05, 3.63) is 57.6 Å². The van der Waals surface area contributed by atoms with E-state index in [1.165, 1.54) is 18.2 Å². The summed E-state index contributed by atoms with van der Waals surface area (Å²) >= 11 is 0. The minimum atomic E-state index is -0.495. The number of rotatable bonds is 7. The number of nitro benzene ring substituents is 1. The van der Waals surface area contributed by atoms with Crippen LogP contribution < -0.4 is 19.5 Å². The Bertz CT molecular complexity index is 733. The third-order valence-corrected chi connectivity index (χ3v) is 3.73. The molecule has 24 heavy (non-hydrogen) atoms. The van der Waals surface area contributed by atoms with Crippen LogP contribution in [0.4, 0.5) is 5.69 Å². The van der Waals surface area contributed by atoms with Gasteiger partial charge in [-0.2, -0.15) is 0 Å². The number of ether oxygens (including phenoxy) is 2. The van der Waals surface area contributed by atoms with Crippen molar-refractivity contribution in [2.75, 3.05) is 21.3 Å². The molecule has 0 spiro atoms. The number of non-ortho nitro benzene ring substituents is 1. The zero-order valence-electron chi connectivity index (χ0n) is 13.9. The van der Waals surface area contributed by atoms with Crippen LogP contribution in [0.3, 0.4) is 0 Å². The Balaban J connectivity index is 2.15. The molecule has 1 unspecified atom stereocenters. The number of nitro groups is 1. The zero-order valence-corrected chi connectivity index (χ0v) is 13.9. The summed E-state index contributed by atoms with van der Waals surface area (Å²) in [5.41, 5.74) is 1.32. The van der Waals surface area contributed by atoms with Crippen LogP contribution in [0, 0.1) is 10.1 Å². The van der Waals surface area contributed by atoms with Crippen molar-refractivity contribution in [2.45, 2.75) is 13.1 Å². The van der Waals surface area contributed by atoms with Gasteiger partial charge in [-0.1, -0.05) is 11.8 Å². The van der Waals surface area contributed by atoms with E-state index >= 15 is 0 Å². The smallest absolute Gasteiger partial charge is 0.269 e. The Labute approximate surface area is 140 Å². The molecule has 2 rings (SSSR count). The molecule has 0 bridgehead atoms. The molecule has 0 saturated heterocycles. The second-order valence-corrected chi connectivity index (χ2v) is 5.54. The molecule has 0 heterocycles. The summed E-state index contributed by atoms with van der Waals surface area (Å²) in [4.78, 5) is 11.4. The maximum Gasteiger partial charge on any atom is 0.269 e. The van der Waals surface area contributed by atoms with Gasteiger partial charge in [0.25, 0.3) is 5.69 Å². The lowest BCUT2D eigenvalue weighted by molar-refractivity contribution is -0.907. The van der Waals surface area contributed by atoms with E-state index in [4.69, 9.17) is 9.47 Å². The van der Waals surface area contributed by atoms with Crippen molar-refractivity contribution in [3.8, 4) is 17.2 Å². The highest BCUT2D eigenvalue weighted by Gasteiger charge is 2.14. The first-order chi connectivity index (χ1) is 11.4. The fourth-order valence-corrected chi connectivity index (χ4v) is 2.53. The van der Waals surface area contributed by atoms with Gasteiger partial charge in [0, 0.05) is 29.3 Å². The lowest BCUT2D eigenvalue weighted by Gasteiger charge is -2.19. The summed E-state index contributed by atoms with van der Waals surface area (Å²) in [6.07, 6.45) is 0. The average Bonchev–Trinajstić information content (AvgIpc) is 2.56. The second-order valence-electron chi connectivity index (χ2n) is 5.54. The van der Waals surface area contributed by atoms with E-state index in [1.54, 1.807) is 20.3 Å². The Morgan fingerprint density at radius 3 is 2.38 bits per heavy atom. The summed E-state index contributed by atoms with van der Waals surface area (Å²) in [6, 6.07) is 9.37. The summed E-state index contributed by atoms with van der Waals surface area (Å²) in [5, 5.41) is 22.8. The summed E-state index contributed by atoms with van der Waals surface area (Å²) < 4.78 is 10.5. The Hall–Kier alpha value is -2.80. The fraction of sp³-hybridized carbons (Fsp3) is 0.294. The van der Waals surface area contributed by atoms with E-state index in [9.17, 15) is 15.2 Å². The molecule has 0 aliphatic rings. The van der Waals surface area contributed by atoms with Gasteiger partial charge in [0.15, 0.2) is 0 Å². The van der Waals surface area contributed by atoms with Crippen LogP contribution in [-0.2, 0) is 13.1 Å². The molecular weight excluding hydrogens is 312 g/mol. The molecule has 2 aromatic carbocycles. The van der Waals surface area contributed by atoms with Crippen LogP contribution in [0.2, 0.25) is 0 Å². The highest BCUT2D eigenvalue weighted by atomic mass is 16.6. The van der Waals surface area contributed by atoms with Crippen LogP contribution in [0.25, 0.3) is 0 Å². The van der Waals surface area contributed by atoms with E-state index in [2.05, 4.69) is 0 Å². The molecule has 7 nitrogen and oxygen atoms in total. The number of nitrogens with one attached hydrogen (secondary N) is 1. The van der Waals surface area contributed by atoms with E-state index < -0.39 is 4.92 Å².